The van der Waals surface area contributed by atoms with Crippen LogP contribution in [0.25, 0.3) is 5.69 Å². The highest BCUT2D eigenvalue weighted by atomic mass is 16.6. The van der Waals surface area contributed by atoms with E-state index in [0.29, 0.717) is 24.5 Å². The Balaban J connectivity index is 1.49. The minimum absolute atomic E-state index is 0.275. The number of hydrogen-bond donors (Lipinski definition) is 1. The first-order valence-electron chi connectivity index (χ1n) is 8.27. The molecule has 0 radical (unpaired) electrons. The van der Waals surface area contributed by atoms with E-state index in [4.69, 9.17) is 9.47 Å². The molecular formula is C20H17N3O3. The molecule has 1 aromatic heterocycles. The summed E-state index contributed by atoms with van der Waals surface area (Å²) in [7, 11) is 0. The Bertz CT molecular complexity index is 949. The summed E-state index contributed by atoms with van der Waals surface area (Å²) < 4.78 is 12.9. The van der Waals surface area contributed by atoms with Crippen LogP contribution in [0, 0.1) is 0 Å². The second-order valence-corrected chi connectivity index (χ2v) is 5.71. The van der Waals surface area contributed by atoms with Crippen molar-refractivity contribution in [2.24, 2.45) is 5.10 Å². The fraction of sp³-hybridized carbons (Fsp3) is 0.100. The highest BCUT2D eigenvalue weighted by Crippen LogP contribution is 2.30. The van der Waals surface area contributed by atoms with E-state index in [1.54, 1.807) is 12.3 Å². The number of carbonyl (C=O) groups excluding carboxylic acids is 1. The molecule has 26 heavy (non-hydrogen) atoms. The fourth-order valence-electron chi connectivity index (χ4n) is 2.75. The van der Waals surface area contributed by atoms with Crippen molar-refractivity contribution in [1.29, 1.82) is 0 Å². The molecule has 2 heterocycles. The largest absolute Gasteiger partial charge is 0.486 e. The summed E-state index contributed by atoms with van der Waals surface area (Å²) in [4.78, 5) is 12.5. The number of para-hydroxylation sites is 1. The monoisotopic (exact) mass is 347 g/mol. The zero-order valence-corrected chi connectivity index (χ0v) is 14.0. The number of nitrogens with one attached hydrogen (secondary N) is 1. The maximum absolute atomic E-state index is 12.5. The van der Waals surface area contributed by atoms with Gasteiger partial charge in [0.2, 0.25) is 0 Å². The van der Waals surface area contributed by atoms with Crippen molar-refractivity contribution in [3.05, 3.63) is 78.1 Å². The first-order valence-corrected chi connectivity index (χ1v) is 8.27. The zero-order chi connectivity index (χ0) is 17.8. The summed E-state index contributed by atoms with van der Waals surface area (Å²) in [5.74, 6) is 1.13. The van der Waals surface area contributed by atoms with Gasteiger partial charge in [0.1, 0.15) is 13.2 Å². The zero-order valence-electron chi connectivity index (χ0n) is 14.0. The lowest BCUT2D eigenvalue weighted by molar-refractivity contribution is 0.0955. The Hall–Kier alpha value is -3.54. The topological polar surface area (TPSA) is 64.8 Å². The highest BCUT2D eigenvalue weighted by Gasteiger charge is 2.12. The van der Waals surface area contributed by atoms with Crippen LogP contribution in [0.1, 0.15) is 15.9 Å². The molecule has 0 saturated carbocycles. The number of aromatic nitrogens is 1. The molecule has 4 rings (SSSR count). The Kier molecular flexibility index (Phi) is 4.38. The van der Waals surface area contributed by atoms with E-state index in [-0.39, 0.29) is 5.91 Å². The van der Waals surface area contributed by atoms with Crippen LogP contribution in [0.15, 0.2) is 72.1 Å². The smallest absolute Gasteiger partial charge is 0.273 e. The van der Waals surface area contributed by atoms with Crippen LogP contribution in [-0.4, -0.2) is 29.9 Å². The van der Waals surface area contributed by atoms with E-state index in [0.717, 1.165) is 17.0 Å². The maximum Gasteiger partial charge on any atom is 0.273 e. The van der Waals surface area contributed by atoms with Gasteiger partial charge in [-0.1, -0.05) is 12.1 Å². The summed E-state index contributed by atoms with van der Waals surface area (Å²) >= 11 is 0. The number of carbonyl (C=O) groups is 1. The lowest BCUT2D eigenvalue weighted by Crippen LogP contribution is -2.19. The second-order valence-electron chi connectivity index (χ2n) is 5.71. The van der Waals surface area contributed by atoms with Gasteiger partial charge in [-0.15, -0.1) is 0 Å². The number of hydrogen-bond acceptors (Lipinski definition) is 4. The maximum atomic E-state index is 12.5. The first-order chi connectivity index (χ1) is 12.8. The van der Waals surface area contributed by atoms with Crippen molar-refractivity contribution in [3.8, 4) is 17.2 Å². The molecule has 3 aromatic rings. The molecule has 1 amide bonds. The van der Waals surface area contributed by atoms with Gasteiger partial charge in [0.25, 0.3) is 5.91 Å². The van der Waals surface area contributed by atoms with Crippen molar-refractivity contribution in [1.82, 2.24) is 9.99 Å². The molecule has 0 fully saturated rings. The van der Waals surface area contributed by atoms with Crippen LogP contribution in [0.3, 0.4) is 0 Å². The van der Waals surface area contributed by atoms with Gasteiger partial charge in [0.05, 0.1) is 17.5 Å². The average Bonchev–Trinajstić information content (AvgIpc) is 3.22. The Morgan fingerprint density at radius 3 is 2.62 bits per heavy atom. The van der Waals surface area contributed by atoms with Crippen LogP contribution in [-0.2, 0) is 0 Å². The molecule has 130 valence electrons. The minimum Gasteiger partial charge on any atom is -0.486 e. The molecule has 0 unspecified atom stereocenters. The number of fused-ring (bicyclic) bond motifs is 1. The molecule has 1 aliphatic heterocycles. The van der Waals surface area contributed by atoms with Gasteiger partial charge in [0, 0.05) is 12.4 Å². The molecule has 2 aromatic carbocycles. The molecule has 6 nitrogen and oxygen atoms in total. The van der Waals surface area contributed by atoms with Gasteiger partial charge in [-0.2, -0.15) is 5.10 Å². The highest BCUT2D eigenvalue weighted by molar-refractivity contribution is 5.98. The van der Waals surface area contributed by atoms with E-state index in [1.807, 2.05) is 65.5 Å². The molecule has 0 atom stereocenters. The summed E-state index contributed by atoms with van der Waals surface area (Å²) in [6.45, 7) is 1.08. The van der Waals surface area contributed by atoms with Crippen molar-refractivity contribution >= 4 is 12.1 Å². The van der Waals surface area contributed by atoms with Crippen molar-refractivity contribution in [2.45, 2.75) is 0 Å². The number of rotatable bonds is 4. The lowest BCUT2D eigenvalue weighted by atomic mass is 10.1. The third-order valence-electron chi connectivity index (χ3n) is 3.98. The third-order valence-corrected chi connectivity index (χ3v) is 3.98. The molecule has 0 saturated heterocycles. The number of nitrogens with zero attached hydrogens (tertiary/aromatic N) is 2. The van der Waals surface area contributed by atoms with Crippen molar-refractivity contribution < 1.29 is 14.3 Å². The normalized spacial score (nSPS) is 12.9. The van der Waals surface area contributed by atoms with Gasteiger partial charge in [0.15, 0.2) is 11.5 Å². The van der Waals surface area contributed by atoms with Crippen LogP contribution >= 0.6 is 0 Å². The lowest BCUT2D eigenvalue weighted by Gasteiger charge is -2.18. The summed E-state index contributed by atoms with van der Waals surface area (Å²) in [6, 6.07) is 16.7. The van der Waals surface area contributed by atoms with Crippen LogP contribution in [0.4, 0.5) is 0 Å². The van der Waals surface area contributed by atoms with Crippen molar-refractivity contribution in [3.63, 3.8) is 0 Å². The van der Waals surface area contributed by atoms with E-state index in [2.05, 4.69) is 10.5 Å². The second kappa shape index (κ2) is 7.14. The van der Waals surface area contributed by atoms with Crippen LogP contribution in [0.5, 0.6) is 11.5 Å². The van der Waals surface area contributed by atoms with E-state index in [9.17, 15) is 4.79 Å². The predicted molar refractivity (Wildman–Crippen MR) is 98.3 cm³/mol. The van der Waals surface area contributed by atoms with Gasteiger partial charge in [-0.3, -0.25) is 4.79 Å². The molecular weight excluding hydrogens is 330 g/mol. The number of amides is 1. The van der Waals surface area contributed by atoms with Gasteiger partial charge in [-0.25, -0.2) is 5.43 Å². The Morgan fingerprint density at radius 1 is 1.00 bits per heavy atom. The number of benzene rings is 2. The Morgan fingerprint density at radius 2 is 1.77 bits per heavy atom. The molecule has 6 heteroatoms. The van der Waals surface area contributed by atoms with E-state index in [1.165, 1.54) is 0 Å². The minimum atomic E-state index is -0.275. The standard InChI is InChI=1S/C20H17N3O3/c24-20(16-5-1-2-6-17(16)23-9-3-4-10-23)22-21-14-15-7-8-18-19(13-15)26-12-11-25-18/h1-10,13-14H,11-12H2,(H,22,24)/b21-14+. The van der Waals surface area contributed by atoms with Crippen LogP contribution < -0.4 is 14.9 Å². The number of hydrazone groups is 1. The third kappa shape index (κ3) is 3.30. The average molecular weight is 347 g/mol. The molecule has 0 aliphatic carbocycles. The molecule has 0 bridgehead atoms. The Labute approximate surface area is 150 Å². The molecule has 1 N–H and O–H groups in total. The molecule has 0 spiro atoms. The first kappa shape index (κ1) is 16.0. The quantitative estimate of drug-likeness (QED) is 0.583. The SMILES string of the molecule is O=C(N/N=C/c1ccc2c(c1)OCCO2)c1ccccc1-n1cccc1. The van der Waals surface area contributed by atoms with Gasteiger partial charge >= 0.3 is 0 Å². The van der Waals surface area contributed by atoms with Crippen molar-refractivity contribution in [2.75, 3.05) is 13.2 Å². The summed E-state index contributed by atoms with van der Waals surface area (Å²) in [5, 5.41) is 4.06. The van der Waals surface area contributed by atoms with E-state index >= 15 is 0 Å². The van der Waals surface area contributed by atoms with E-state index < -0.39 is 0 Å². The van der Waals surface area contributed by atoms with Crippen LogP contribution in [0.2, 0.25) is 0 Å². The van der Waals surface area contributed by atoms with Gasteiger partial charge in [-0.05, 0) is 48.0 Å². The summed E-state index contributed by atoms with van der Waals surface area (Å²) in [5.41, 5.74) is 4.73. The predicted octanol–water partition coefficient (Wildman–Crippen LogP) is 3.01. The molecule has 1 aliphatic rings. The number of ether oxygens (including phenoxy) is 2. The fourth-order valence-corrected chi connectivity index (χ4v) is 2.75. The van der Waals surface area contributed by atoms with Gasteiger partial charge < -0.3 is 14.0 Å². The summed E-state index contributed by atoms with van der Waals surface area (Å²) in [6.07, 6.45) is 5.36.